The van der Waals surface area contributed by atoms with Crippen molar-refractivity contribution in [3.05, 3.63) is 109 Å². The van der Waals surface area contributed by atoms with Crippen LogP contribution in [0.4, 0.5) is 0 Å². The molecule has 24 heavy (non-hydrogen) atoms. The maximum absolute atomic E-state index is 8.63. The highest BCUT2D eigenvalue weighted by Gasteiger charge is 1.75. The van der Waals surface area contributed by atoms with E-state index >= 15 is 0 Å². The van der Waals surface area contributed by atoms with Gasteiger partial charge in [0.1, 0.15) is 11.5 Å². The van der Waals surface area contributed by atoms with Gasteiger partial charge < -0.3 is 10.2 Å². The Kier molecular flexibility index (Phi) is 10.8. The first-order valence-electron chi connectivity index (χ1n) is 7.90. The fourth-order valence-electron chi connectivity index (χ4n) is 1.64. The van der Waals surface area contributed by atoms with E-state index in [0.717, 1.165) is 12.8 Å². The van der Waals surface area contributed by atoms with Gasteiger partial charge in [-0.15, -0.1) is 0 Å². The smallest absolute Gasteiger partial charge is 0.115 e. The van der Waals surface area contributed by atoms with Crippen LogP contribution in [-0.4, -0.2) is 10.2 Å². The molecule has 0 radical (unpaired) electrons. The third kappa shape index (κ3) is 11.6. The Morgan fingerprint density at radius 1 is 0.458 bits per heavy atom. The van der Waals surface area contributed by atoms with Gasteiger partial charge in [0.25, 0.3) is 0 Å². The Balaban J connectivity index is 0.000000162. The molecule has 2 aromatic rings. The molecule has 0 heterocycles. The highest BCUT2D eigenvalue weighted by Crippen LogP contribution is 2.03. The Hall–Kier alpha value is -3.00. The molecule has 0 saturated carbocycles. The number of aromatic hydroxyl groups is 2. The summed E-state index contributed by atoms with van der Waals surface area (Å²) in [5, 5.41) is 17.3. The molecule has 2 nitrogen and oxygen atoms in total. The Labute approximate surface area is 144 Å². The Morgan fingerprint density at radius 2 is 0.750 bits per heavy atom. The molecule has 0 aliphatic heterocycles. The van der Waals surface area contributed by atoms with Crippen LogP contribution < -0.4 is 0 Å². The summed E-state index contributed by atoms with van der Waals surface area (Å²) in [7, 11) is 0. The molecule has 2 N–H and O–H groups in total. The van der Waals surface area contributed by atoms with Gasteiger partial charge in [-0.05, 0) is 37.1 Å². The predicted molar refractivity (Wildman–Crippen MR) is 102 cm³/mol. The van der Waals surface area contributed by atoms with E-state index < -0.39 is 0 Å². The summed E-state index contributed by atoms with van der Waals surface area (Å²) in [5.74, 6) is 0.644. The molecule has 0 saturated heterocycles. The average molecular weight is 320 g/mol. The second kappa shape index (κ2) is 13.6. The van der Waals surface area contributed by atoms with Gasteiger partial charge in [-0.3, -0.25) is 0 Å². The molecule has 0 fully saturated rings. The van der Waals surface area contributed by atoms with Crippen molar-refractivity contribution in [1.82, 2.24) is 0 Å². The first-order valence-corrected chi connectivity index (χ1v) is 7.90. The number of rotatable bonds is 0. The molecule has 0 spiro atoms. The van der Waals surface area contributed by atoms with Crippen molar-refractivity contribution in [2.45, 2.75) is 12.8 Å². The van der Waals surface area contributed by atoms with Crippen LogP contribution in [0.25, 0.3) is 0 Å². The number of hydrogen-bond acceptors (Lipinski definition) is 2. The monoisotopic (exact) mass is 320 g/mol. The standard InChI is InChI=1S/2C6H6O.2C5H6/c2*7-6-4-2-1-3-5-6;2*1-2-4-5-3-1/h2*1-5,7H;2*1-4H,5H2. The maximum atomic E-state index is 8.63. The minimum atomic E-state index is 0.322. The fourth-order valence-corrected chi connectivity index (χ4v) is 1.64. The number of allylic oxidation sites excluding steroid dienone is 8. The molecular formula is C22H24O2. The lowest BCUT2D eigenvalue weighted by atomic mass is 10.3. The van der Waals surface area contributed by atoms with Gasteiger partial charge in [-0.1, -0.05) is 85.0 Å². The van der Waals surface area contributed by atoms with Crippen molar-refractivity contribution in [3.63, 3.8) is 0 Å². The number of hydrogen-bond donors (Lipinski definition) is 2. The van der Waals surface area contributed by atoms with Crippen LogP contribution in [0, 0.1) is 0 Å². The topological polar surface area (TPSA) is 40.5 Å². The molecule has 2 heteroatoms. The SMILES string of the molecule is C1=CCC=C1.C1=CCC=C1.Oc1ccccc1.Oc1ccccc1. The van der Waals surface area contributed by atoms with E-state index in [1.165, 1.54) is 0 Å². The molecule has 0 aromatic heterocycles. The molecule has 0 unspecified atom stereocenters. The second-order valence-corrected chi connectivity index (χ2v) is 4.86. The zero-order chi connectivity index (χ0) is 17.3. The molecule has 0 amide bonds. The number of benzene rings is 2. The van der Waals surface area contributed by atoms with Crippen LogP contribution in [0.1, 0.15) is 12.8 Å². The van der Waals surface area contributed by atoms with E-state index in [0.29, 0.717) is 11.5 Å². The van der Waals surface area contributed by atoms with Crippen LogP contribution in [0.5, 0.6) is 11.5 Å². The minimum Gasteiger partial charge on any atom is -0.508 e. The number of phenolic OH excluding ortho intramolecular Hbond substituents is 2. The first kappa shape index (κ1) is 19.0. The van der Waals surface area contributed by atoms with Crippen LogP contribution in [-0.2, 0) is 0 Å². The van der Waals surface area contributed by atoms with Crippen molar-refractivity contribution >= 4 is 0 Å². The van der Waals surface area contributed by atoms with Crippen molar-refractivity contribution in [2.75, 3.05) is 0 Å². The van der Waals surface area contributed by atoms with Gasteiger partial charge in [-0.2, -0.15) is 0 Å². The van der Waals surface area contributed by atoms with Crippen molar-refractivity contribution in [2.24, 2.45) is 0 Å². The normalized spacial score (nSPS) is 12.3. The van der Waals surface area contributed by atoms with Gasteiger partial charge in [-0.25, -0.2) is 0 Å². The van der Waals surface area contributed by atoms with Crippen molar-refractivity contribution < 1.29 is 10.2 Å². The quantitative estimate of drug-likeness (QED) is 0.645. The highest BCUT2D eigenvalue weighted by atomic mass is 16.3. The van der Waals surface area contributed by atoms with Crippen LogP contribution in [0.2, 0.25) is 0 Å². The summed E-state index contributed by atoms with van der Waals surface area (Å²) >= 11 is 0. The summed E-state index contributed by atoms with van der Waals surface area (Å²) in [4.78, 5) is 0. The van der Waals surface area contributed by atoms with Crippen molar-refractivity contribution in [1.29, 1.82) is 0 Å². The average Bonchev–Trinajstić information content (AvgIpc) is 3.36. The van der Waals surface area contributed by atoms with Crippen molar-refractivity contribution in [3.8, 4) is 11.5 Å². The van der Waals surface area contributed by atoms with E-state index in [9.17, 15) is 0 Å². The van der Waals surface area contributed by atoms with E-state index in [-0.39, 0.29) is 0 Å². The van der Waals surface area contributed by atoms with E-state index in [2.05, 4.69) is 48.6 Å². The highest BCUT2D eigenvalue weighted by molar-refractivity contribution is 5.19. The summed E-state index contributed by atoms with van der Waals surface area (Å²) in [6.07, 6.45) is 19.0. The lowest BCUT2D eigenvalue weighted by Gasteiger charge is -1.82. The Bertz CT molecular complexity index is 559. The van der Waals surface area contributed by atoms with Gasteiger partial charge in [0.2, 0.25) is 0 Å². The molecular weight excluding hydrogens is 296 g/mol. The van der Waals surface area contributed by atoms with E-state index in [1.54, 1.807) is 48.5 Å². The molecule has 4 rings (SSSR count). The summed E-state index contributed by atoms with van der Waals surface area (Å²) < 4.78 is 0. The summed E-state index contributed by atoms with van der Waals surface area (Å²) in [6, 6.07) is 17.4. The molecule has 2 aromatic carbocycles. The lowest BCUT2D eigenvalue weighted by Crippen LogP contribution is -1.56. The first-order chi connectivity index (χ1) is 11.8. The van der Waals surface area contributed by atoms with Gasteiger partial charge >= 0.3 is 0 Å². The number of phenols is 2. The molecule has 2 aliphatic rings. The minimum absolute atomic E-state index is 0.322. The van der Waals surface area contributed by atoms with E-state index in [1.807, 2.05) is 12.1 Å². The summed E-state index contributed by atoms with van der Waals surface area (Å²) in [6.45, 7) is 0. The summed E-state index contributed by atoms with van der Waals surface area (Å²) in [5.41, 5.74) is 0. The third-order valence-electron chi connectivity index (χ3n) is 2.82. The van der Waals surface area contributed by atoms with Gasteiger partial charge in [0, 0.05) is 0 Å². The van der Waals surface area contributed by atoms with Crippen LogP contribution in [0.3, 0.4) is 0 Å². The predicted octanol–water partition coefficient (Wildman–Crippen LogP) is 5.79. The second-order valence-electron chi connectivity index (χ2n) is 4.86. The lowest BCUT2D eigenvalue weighted by molar-refractivity contribution is 0.475. The molecule has 0 atom stereocenters. The Morgan fingerprint density at radius 3 is 0.875 bits per heavy atom. The van der Waals surface area contributed by atoms with E-state index in [4.69, 9.17) is 10.2 Å². The molecule has 0 bridgehead atoms. The maximum Gasteiger partial charge on any atom is 0.115 e. The number of para-hydroxylation sites is 2. The fraction of sp³-hybridized carbons (Fsp3) is 0.0909. The molecule has 124 valence electrons. The third-order valence-corrected chi connectivity index (χ3v) is 2.82. The zero-order valence-electron chi connectivity index (χ0n) is 13.7. The largest absolute Gasteiger partial charge is 0.508 e. The molecule has 2 aliphatic carbocycles. The van der Waals surface area contributed by atoms with Crippen LogP contribution >= 0.6 is 0 Å². The van der Waals surface area contributed by atoms with Crippen LogP contribution in [0.15, 0.2) is 109 Å². The van der Waals surface area contributed by atoms with Gasteiger partial charge in [0.15, 0.2) is 0 Å². The zero-order valence-corrected chi connectivity index (χ0v) is 13.7. The van der Waals surface area contributed by atoms with Gasteiger partial charge in [0.05, 0.1) is 0 Å².